The van der Waals surface area contributed by atoms with Crippen molar-refractivity contribution in [3.63, 3.8) is 0 Å². The molecule has 0 heterocycles. The molecule has 0 bridgehead atoms. The van der Waals surface area contributed by atoms with Gasteiger partial charge >= 0.3 is 0 Å². The Bertz CT molecular complexity index is 321. The van der Waals surface area contributed by atoms with Gasteiger partial charge in [-0.05, 0) is 18.4 Å². The summed E-state index contributed by atoms with van der Waals surface area (Å²) < 4.78 is 0. The number of hydrogen-bond acceptors (Lipinski definition) is 1. The van der Waals surface area contributed by atoms with Crippen LogP contribution in [-0.4, -0.2) is 11.9 Å². The molecule has 1 N–H and O–H groups in total. The lowest BCUT2D eigenvalue weighted by molar-refractivity contribution is -0.121. The van der Waals surface area contributed by atoms with E-state index in [9.17, 15) is 4.79 Å². The van der Waals surface area contributed by atoms with Gasteiger partial charge in [-0.3, -0.25) is 4.79 Å². The minimum atomic E-state index is -0.559. The molecule has 0 spiro atoms. The monoisotopic (exact) mass is 209 g/mol. The Morgan fingerprint density at radius 2 is 2.00 bits per heavy atom. The van der Waals surface area contributed by atoms with Crippen LogP contribution in [-0.2, 0) is 4.79 Å². The van der Waals surface area contributed by atoms with Crippen molar-refractivity contribution in [3.8, 4) is 0 Å². The molecule has 0 aromatic heterocycles. The Kier molecular flexibility index (Phi) is 2.73. The molecule has 1 aliphatic rings. The van der Waals surface area contributed by atoms with Gasteiger partial charge in [0.15, 0.2) is 0 Å². The van der Waals surface area contributed by atoms with E-state index in [2.05, 4.69) is 5.32 Å². The third kappa shape index (κ3) is 2.26. The second-order valence-corrected chi connectivity index (χ2v) is 3.99. The van der Waals surface area contributed by atoms with E-state index in [1.54, 1.807) is 0 Å². The molecule has 1 fully saturated rings. The molecule has 1 amide bonds. The summed E-state index contributed by atoms with van der Waals surface area (Å²) in [5.41, 5.74) is 0.854. The van der Waals surface area contributed by atoms with Crippen molar-refractivity contribution >= 4 is 17.5 Å². The number of hydrogen-bond donors (Lipinski definition) is 1. The Labute approximate surface area is 88.3 Å². The molecule has 0 radical (unpaired) electrons. The zero-order chi connectivity index (χ0) is 9.97. The average Bonchev–Trinajstić information content (AvgIpc) is 3.02. The van der Waals surface area contributed by atoms with Crippen LogP contribution in [0.15, 0.2) is 30.3 Å². The van der Waals surface area contributed by atoms with Crippen LogP contribution in [0.1, 0.15) is 23.8 Å². The molecule has 14 heavy (non-hydrogen) atoms. The molecule has 2 rings (SSSR count). The number of carbonyl (C=O) groups excluding carboxylic acids is 1. The van der Waals surface area contributed by atoms with Gasteiger partial charge in [0, 0.05) is 6.04 Å². The van der Waals surface area contributed by atoms with E-state index in [1.807, 2.05) is 30.3 Å². The van der Waals surface area contributed by atoms with E-state index in [0.717, 1.165) is 18.4 Å². The normalized spacial score (nSPS) is 17.5. The third-order valence-electron chi connectivity index (χ3n) is 2.25. The molecule has 0 aliphatic heterocycles. The van der Waals surface area contributed by atoms with E-state index in [-0.39, 0.29) is 5.91 Å². The van der Waals surface area contributed by atoms with Gasteiger partial charge < -0.3 is 5.32 Å². The van der Waals surface area contributed by atoms with E-state index in [1.165, 1.54) is 0 Å². The zero-order valence-electron chi connectivity index (χ0n) is 7.74. The summed E-state index contributed by atoms with van der Waals surface area (Å²) in [5, 5.41) is 2.32. The van der Waals surface area contributed by atoms with Gasteiger partial charge in [0.05, 0.1) is 0 Å². The summed E-state index contributed by atoms with van der Waals surface area (Å²) in [6, 6.07) is 9.78. The maximum absolute atomic E-state index is 11.6. The van der Waals surface area contributed by atoms with Crippen molar-refractivity contribution in [3.05, 3.63) is 35.9 Å². The highest BCUT2D eigenvalue weighted by Gasteiger charge is 2.26. The first-order valence-corrected chi connectivity index (χ1v) is 5.20. The van der Waals surface area contributed by atoms with Crippen LogP contribution in [0.3, 0.4) is 0 Å². The van der Waals surface area contributed by atoms with Crippen molar-refractivity contribution in [1.82, 2.24) is 5.32 Å². The fraction of sp³-hybridized carbons (Fsp3) is 0.364. The Morgan fingerprint density at radius 3 is 2.57 bits per heavy atom. The number of amides is 1. The van der Waals surface area contributed by atoms with Gasteiger partial charge in [-0.15, -0.1) is 11.6 Å². The van der Waals surface area contributed by atoms with Gasteiger partial charge in [0.1, 0.15) is 5.38 Å². The van der Waals surface area contributed by atoms with Crippen molar-refractivity contribution in [2.45, 2.75) is 24.3 Å². The summed E-state index contributed by atoms with van der Waals surface area (Å²) in [5.74, 6) is -0.0830. The maximum Gasteiger partial charge on any atom is 0.242 e. The Morgan fingerprint density at radius 1 is 1.36 bits per heavy atom. The molecule has 3 heteroatoms. The van der Waals surface area contributed by atoms with Crippen LogP contribution in [0.5, 0.6) is 0 Å². The van der Waals surface area contributed by atoms with Crippen LogP contribution < -0.4 is 5.32 Å². The van der Waals surface area contributed by atoms with Crippen molar-refractivity contribution in [1.29, 1.82) is 0 Å². The first-order valence-electron chi connectivity index (χ1n) is 4.77. The second-order valence-electron chi connectivity index (χ2n) is 3.56. The minimum absolute atomic E-state index is 0.0830. The summed E-state index contributed by atoms with van der Waals surface area (Å²) in [4.78, 5) is 11.6. The standard InChI is InChI=1S/C11H12ClNO/c12-10(8-4-2-1-3-5-8)11(14)13-9-6-7-9/h1-5,9-10H,6-7H2,(H,13,14)/t10-/m1/s1. The number of nitrogens with one attached hydrogen (secondary N) is 1. The van der Waals surface area contributed by atoms with Gasteiger partial charge in [-0.25, -0.2) is 0 Å². The van der Waals surface area contributed by atoms with Crippen LogP contribution in [0.2, 0.25) is 0 Å². The first kappa shape index (κ1) is 9.53. The number of carbonyl (C=O) groups is 1. The number of benzene rings is 1. The van der Waals surface area contributed by atoms with Gasteiger partial charge in [-0.2, -0.15) is 0 Å². The summed E-state index contributed by atoms with van der Waals surface area (Å²) in [6.45, 7) is 0. The summed E-state index contributed by atoms with van der Waals surface area (Å²) >= 11 is 6.02. The molecule has 0 unspecified atom stereocenters. The zero-order valence-corrected chi connectivity index (χ0v) is 8.50. The van der Waals surface area contributed by atoms with Crippen LogP contribution in [0.4, 0.5) is 0 Å². The van der Waals surface area contributed by atoms with Gasteiger partial charge in [0.2, 0.25) is 5.91 Å². The number of rotatable bonds is 3. The highest BCUT2D eigenvalue weighted by molar-refractivity contribution is 6.30. The van der Waals surface area contributed by atoms with E-state index >= 15 is 0 Å². The van der Waals surface area contributed by atoms with Crippen LogP contribution in [0.25, 0.3) is 0 Å². The lowest BCUT2D eigenvalue weighted by Gasteiger charge is -2.09. The Hall–Kier alpha value is -1.02. The van der Waals surface area contributed by atoms with Crippen molar-refractivity contribution in [2.24, 2.45) is 0 Å². The van der Waals surface area contributed by atoms with Crippen molar-refractivity contribution in [2.75, 3.05) is 0 Å². The fourth-order valence-electron chi connectivity index (χ4n) is 1.28. The van der Waals surface area contributed by atoms with Crippen LogP contribution >= 0.6 is 11.6 Å². The summed E-state index contributed by atoms with van der Waals surface area (Å²) in [6.07, 6.45) is 2.17. The lowest BCUT2D eigenvalue weighted by Crippen LogP contribution is -2.28. The molecule has 1 aromatic carbocycles. The molecule has 1 saturated carbocycles. The van der Waals surface area contributed by atoms with Gasteiger partial charge in [0.25, 0.3) is 0 Å². The van der Waals surface area contributed by atoms with Gasteiger partial charge in [-0.1, -0.05) is 30.3 Å². The topological polar surface area (TPSA) is 29.1 Å². The van der Waals surface area contributed by atoms with Crippen LogP contribution in [0, 0.1) is 0 Å². The molecule has 1 aliphatic carbocycles. The predicted molar refractivity (Wildman–Crippen MR) is 56.2 cm³/mol. The smallest absolute Gasteiger partial charge is 0.242 e. The third-order valence-corrected chi connectivity index (χ3v) is 2.70. The second kappa shape index (κ2) is 4.01. The molecule has 1 aromatic rings. The predicted octanol–water partition coefficient (Wildman–Crippen LogP) is 2.25. The molecule has 0 saturated heterocycles. The van der Waals surface area contributed by atoms with Crippen molar-refractivity contribution < 1.29 is 4.79 Å². The molecule has 74 valence electrons. The first-order chi connectivity index (χ1) is 6.77. The largest absolute Gasteiger partial charge is 0.352 e. The molecule has 2 nitrogen and oxygen atoms in total. The molecular weight excluding hydrogens is 198 g/mol. The molecular formula is C11H12ClNO. The lowest BCUT2D eigenvalue weighted by atomic mass is 10.1. The number of halogens is 1. The average molecular weight is 210 g/mol. The highest BCUT2D eigenvalue weighted by atomic mass is 35.5. The van der Waals surface area contributed by atoms with E-state index in [4.69, 9.17) is 11.6 Å². The summed E-state index contributed by atoms with van der Waals surface area (Å²) in [7, 11) is 0. The quantitative estimate of drug-likeness (QED) is 0.761. The van der Waals surface area contributed by atoms with E-state index in [0.29, 0.717) is 6.04 Å². The SMILES string of the molecule is O=C(NC1CC1)[C@H](Cl)c1ccccc1. The Balaban J connectivity index is 1.99. The molecule has 1 atom stereocenters. The minimum Gasteiger partial charge on any atom is -0.352 e. The highest BCUT2D eigenvalue weighted by Crippen LogP contribution is 2.24. The van der Waals surface area contributed by atoms with E-state index < -0.39 is 5.38 Å². The maximum atomic E-state index is 11.6. The number of alkyl halides is 1. The fourth-order valence-corrected chi connectivity index (χ4v) is 1.48.